The Labute approximate surface area is 549 Å². The second-order valence-electron chi connectivity index (χ2n) is 45.3. The zero-order chi connectivity index (χ0) is 68.0. The molecule has 9 atom stereocenters. The molecule has 6 rings (SSSR count). The van der Waals surface area contributed by atoms with Crippen LogP contribution in [0.5, 0.6) is 0 Å². The first-order valence-corrected chi connectivity index (χ1v) is 37.9. The summed E-state index contributed by atoms with van der Waals surface area (Å²) in [5.41, 5.74) is 6.03. The molecule has 0 aliphatic heterocycles. The molecule has 6 aliphatic carbocycles. The fourth-order valence-corrected chi connectivity index (χ4v) is 18.0. The minimum atomic E-state index is 0.437. The van der Waals surface area contributed by atoms with Crippen molar-refractivity contribution >= 4 is 0 Å². The summed E-state index contributed by atoms with van der Waals surface area (Å²) in [5, 5.41) is 0. The fraction of sp³-hybridized carbons (Fsp3) is 1.00. The first kappa shape index (κ1) is 84.0. The molecule has 0 heterocycles. The van der Waals surface area contributed by atoms with Gasteiger partial charge in [0, 0.05) is 0 Å². The molecule has 0 radical (unpaired) electrons. The summed E-state index contributed by atoms with van der Waals surface area (Å²) in [4.78, 5) is 0. The lowest BCUT2D eigenvalue weighted by Gasteiger charge is -2.53. The van der Waals surface area contributed by atoms with Gasteiger partial charge in [-0.05, 0) is 262 Å². The lowest BCUT2D eigenvalue weighted by molar-refractivity contribution is -0.0366. The van der Waals surface area contributed by atoms with Crippen LogP contribution in [0.15, 0.2) is 0 Å². The largest absolute Gasteiger partial charge is 0.0625 e. The summed E-state index contributed by atoms with van der Waals surface area (Å²) >= 11 is 0. The molecule has 0 aromatic rings. The van der Waals surface area contributed by atoms with E-state index < -0.39 is 0 Å². The van der Waals surface area contributed by atoms with E-state index >= 15 is 0 Å². The molecule has 6 fully saturated rings. The van der Waals surface area contributed by atoms with Crippen LogP contribution in [0.1, 0.15) is 393 Å². The van der Waals surface area contributed by atoms with Crippen LogP contribution in [0.25, 0.3) is 0 Å². The Balaban J connectivity index is 0.000000519. The van der Waals surface area contributed by atoms with Crippen molar-refractivity contribution in [2.45, 2.75) is 393 Å². The number of hydrogen-bond donors (Lipinski definition) is 0. The van der Waals surface area contributed by atoms with E-state index in [0.717, 1.165) is 94.7 Å². The van der Waals surface area contributed by atoms with Gasteiger partial charge in [-0.1, -0.05) is 290 Å². The first-order chi connectivity index (χ1) is 37.9. The topological polar surface area (TPSA) is 0 Å². The molecular weight excluding hydrogens is 1030 g/mol. The van der Waals surface area contributed by atoms with Crippen molar-refractivity contribution in [2.75, 3.05) is 0 Å². The molecule has 0 bridgehead atoms. The number of hydrogen-bond acceptors (Lipinski definition) is 0. The number of rotatable bonds is 0. The molecule has 0 aromatic carbocycles. The van der Waals surface area contributed by atoms with Crippen LogP contribution in [0.4, 0.5) is 0 Å². The van der Waals surface area contributed by atoms with E-state index in [4.69, 9.17) is 0 Å². The Morgan fingerprint density at radius 3 is 0.640 bits per heavy atom. The highest BCUT2D eigenvalue weighted by atomic mass is 14.5. The highest BCUT2D eigenvalue weighted by Gasteiger charge is 2.48. The lowest BCUT2D eigenvalue weighted by atomic mass is 9.52. The molecule has 0 aromatic heterocycles. The predicted molar refractivity (Wildman–Crippen MR) is 395 cm³/mol. The van der Waals surface area contributed by atoms with Crippen molar-refractivity contribution in [2.24, 2.45) is 160 Å². The van der Waals surface area contributed by atoms with E-state index in [9.17, 15) is 0 Å². The average Bonchev–Trinajstić information content (AvgIpc) is 3.08. The van der Waals surface area contributed by atoms with Crippen LogP contribution in [-0.2, 0) is 0 Å². The van der Waals surface area contributed by atoms with Gasteiger partial charge >= 0.3 is 0 Å². The summed E-state index contributed by atoms with van der Waals surface area (Å²) in [6.07, 6.45) is 26.0. The molecule has 0 N–H and O–H groups in total. The summed E-state index contributed by atoms with van der Waals surface area (Å²) in [7, 11) is 0. The summed E-state index contributed by atoms with van der Waals surface area (Å²) in [6.45, 7) is 96.5. The molecule has 516 valence electrons. The van der Waals surface area contributed by atoms with E-state index in [-0.39, 0.29) is 0 Å². The SMILES string of the molecule is CC(C)(C)C1CC(C(C)(C)C)C1.CC(C)(C)C1CCC(C(C)(C)C)CC1.CC(C)(C)C1CCCC(C(C)(C)C)C1.CC1C(C(C)(C)C)CC(C(C)(C)C)CC1C(C)(C)C.CC1CC(C)CC(C(C)(C)C)C1.CC1CCC(C(C)(C)C)CC1C(C)(C)C. The zero-order valence-electron chi connectivity index (χ0n) is 68.0. The van der Waals surface area contributed by atoms with Crippen LogP contribution in [0.2, 0.25) is 0 Å². The maximum absolute atomic E-state index is 2.52. The first-order valence-electron chi connectivity index (χ1n) is 37.9. The van der Waals surface area contributed by atoms with E-state index in [2.05, 4.69) is 277 Å². The average molecular weight is 1210 g/mol. The van der Waals surface area contributed by atoms with Crippen molar-refractivity contribution in [3.63, 3.8) is 0 Å². The Hall–Kier alpha value is 0. The quantitative estimate of drug-likeness (QED) is 0.227. The third kappa shape index (κ3) is 29.1. The molecule has 86 heavy (non-hydrogen) atoms. The van der Waals surface area contributed by atoms with Gasteiger partial charge in [0.05, 0.1) is 0 Å². The maximum Gasteiger partial charge on any atom is -0.0334 e. The van der Waals surface area contributed by atoms with Crippen molar-refractivity contribution in [3.8, 4) is 0 Å². The molecule has 6 aliphatic rings. The van der Waals surface area contributed by atoms with Gasteiger partial charge in [0.1, 0.15) is 0 Å². The van der Waals surface area contributed by atoms with Gasteiger partial charge in [0.2, 0.25) is 0 Å². The Bertz CT molecular complexity index is 1740. The van der Waals surface area contributed by atoms with Gasteiger partial charge in [0.25, 0.3) is 0 Å². The second kappa shape index (κ2) is 31.5. The van der Waals surface area contributed by atoms with Crippen molar-refractivity contribution in [1.29, 1.82) is 0 Å². The van der Waals surface area contributed by atoms with Crippen LogP contribution >= 0.6 is 0 Å². The lowest BCUT2D eigenvalue weighted by Crippen LogP contribution is -2.45. The monoisotopic (exact) mass is 1210 g/mol. The van der Waals surface area contributed by atoms with Gasteiger partial charge in [-0.15, -0.1) is 0 Å². The molecule has 0 amide bonds. The van der Waals surface area contributed by atoms with Crippen LogP contribution in [0, 0.1) is 160 Å². The third-order valence-electron chi connectivity index (χ3n) is 25.6. The van der Waals surface area contributed by atoms with Gasteiger partial charge in [-0.2, -0.15) is 0 Å². The van der Waals surface area contributed by atoms with Crippen molar-refractivity contribution in [3.05, 3.63) is 0 Å². The summed E-state index contributed by atoms with van der Waals surface area (Å²) in [6, 6.07) is 0. The zero-order valence-corrected chi connectivity index (χ0v) is 68.0. The smallest absolute Gasteiger partial charge is 0.0334 e. The molecular formula is C86H172. The molecule has 9 unspecified atom stereocenters. The van der Waals surface area contributed by atoms with Crippen molar-refractivity contribution in [1.82, 2.24) is 0 Å². The van der Waals surface area contributed by atoms with Crippen LogP contribution in [-0.4, -0.2) is 0 Å². The Kier molecular flexibility index (Phi) is 30.8. The van der Waals surface area contributed by atoms with E-state index in [1.54, 1.807) is 0 Å². The molecule has 0 spiro atoms. The predicted octanol–water partition coefficient (Wildman–Crippen LogP) is 29.5. The highest BCUT2D eigenvalue weighted by Crippen LogP contribution is 2.56. The molecule has 6 saturated carbocycles. The third-order valence-corrected chi connectivity index (χ3v) is 25.6. The minimum Gasteiger partial charge on any atom is -0.0625 e. The fourth-order valence-electron chi connectivity index (χ4n) is 18.0. The van der Waals surface area contributed by atoms with Crippen molar-refractivity contribution < 1.29 is 0 Å². The van der Waals surface area contributed by atoms with Gasteiger partial charge in [-0.25, -0.2) is 0 Å². The second-order valence-corrected chi connectivity index (χ2v) is 45.3. The van der Waals surface area contributed by atoms with E-state index in [0.29, 0.717) is 65.0 Å². The molecule has 0 heteroatoms. The minimum absolute atomic E-state index is 0.437. The highest BCUT2D eigenvalue weighted by molar-refractivity contribution is 4.97. The Morgan fingerprint density at radius 2 is 0.384 bits per heavy atom. The van der Waals surface area contributed by atoms with Gasteiger partial charge in [-0.3, -0.25) is 0 Å². The summed E-state index contributed by atoms with van der Waals surface area (Å²) in [5.74, 6) is 14.8. The van der Waals surface area contributed by atoms with Crippen LogP contribution in [0.3, 0.4) is 0 Å². The van der Waals surface area contributed by atoms with Crippen LogP contribution < -0.4 is 0 Å². The molecule has 0 nitrogen and oxygen atoms in total. The van der Waals surface area contributed by atoms with Gasteiger partial charge < -0.3 is 0 Å². The summed E-state index contributed by atoms with van der Waals surface area (Å²) < 4.78 is 0. The van der Waals surface area contributed by atoms with Gasteiger partial charge in [0.15, 0.2) is 0 Å². The molecule has 0 saturated heterocycles. The standard InChI is InChI=1S/C19H38.C15H30.2C14H28.2C12H24/c1-13-15(18(5,6)7)11-14(17(2,3)4)12-16(13)19(8,9)10;1-11-8-9-12(14(2,3)4)10-13(11)15(5,6)7;1-13(2,3)11-7-9-12(10-8-11)14(4,5)6;1-13(2,3)11-8-7-9-12(10-11)14(4,5)6;1-11(2,3)9-7-10(8-9)12(4,5)6;1-9-6-10(2)8-11(7-9)12(3,4)5/h13-16H,11-12H2,1-10H3;11-13H,8-10H2,1-7H3;2*11-12H,7-10H2,1-6H3;9-10H,7-8H2,1-6H3;9-11H,6-8H2,1-5H3. The van der Waals surface area contributed by atoms with E-state index in [1.807, 2.05) is 0 Å². The van der Waals surface area contributed by atoms with E-state index in [1.165, 1.54) is 116 Å². The maximum atomic E-state index is 2.52. The Morgan fingerprint density at radius 1 is 0.174 bits per heavy atom. The normalized spacial score (nSPS) is 33.2.